The molecule has 0 spiro atoms. The molecule has 3 rings (SSSR count). The molecule has 0 unspecified atom stereocenters. The molecule has 8 heteroatoms. The van der Waals surface area contributed by atoms with Gasteiger partial charge in [-0.3, -0.25) is 9.48 Å². The van der Waals surface area contributed by atoms with E-state index in [4.69, 9.17) is 16.9 Å². The van der Waals surface area contributed by atoms with Crippen molar-refractivity contribution in [3.8, 4) is 17.3 Å². The molecular weight excluding hydrogens is 380 g/mol. The monoisotopic (exact) mass is 393 g/mol. The van der Waals surface area contributed by atoms with Crippen molar-refractivity contribution in [1.82, 2.24) is 9.78 Å². The van der Waals surface area contributed by atoms with Crippen LogP contribution in [0.3, 0.4) is 0 Å². The lowest BCUT2D eigenvalue weighted by atomic mass is 10.1. The quantitative estimate of drug-likeness (QED) is 0.692. The molecule has 0 radical (unpaired) electrons. The number of carboxylic acid groups (broad SMARTS) is 1. The van der Waals surface area contributed by atoms with Crippen molar-refractivity contribution in [2.24, 2.45) is 0 Å². The van der Waals surface area contributed by atoms with Crippen molar-refractivity contribution in [2.45, 2.75) is 13.0 Å². The van der Waals surface area contributed by atoms with Crippen LogP contribution in [0.2, 0.25) is 5.02 Å². The molecule has 2 aromatic carbocycles. The molecule has 0 saturated heterocycles. The van der Waals surface area contributed by atoms with Crippen LogP contribution in [-0.4, -0.2) is 21.7 Å². The average molecular weight is 394 g/mol. The van der Waals surface area contributed by atoms with E-state index in [1.807, 2.05) is 6.07 Å². The Morgan fingerprint density at radius 1 is 1.21 bits per heavy atom. The number of aryl methyl sites for hydroxylation is 1. The highest BCUT2D eigenvalue weighted by Gasteiger charge is 2.18. The van der Waals surface area contributed by atoms with E-state index in [1.165, 1.54) is 22.9 Å². The van der Waals surface area contributed by atoms with Crippen molar-refractivity contribution < 1.29 is 14.7 Å². The van der Waals surface area contributed by atoms with Gasteiger partial charge >= 0.3 is 0 Å². The van der Waals surface area contributed by atoms with Crippen LogP contribution in [0.5, 0.6) is 0 Å². The van der Waals surface area contributed by atoms with Gasteiger partial charge in [-0.2, -0.15) is 10.4 Å². The molecule has 0 saturated carbocycles. The van der Waals surface area contributed by atoms with Crippen LogP contribution in [0, 0.1) is 11.3 Å². The Kier molecular flexibility index (Phi) is 5.72. The lowest BCUT2D eigenvalue weighted by molar-refractivity contribution is -0.255. The first kappa shape index (κ1) is 19.1. The summed E-state index contributed by atoms with van der Waals surface area (Å²) in [5, 5.41) is 27.4. The summed E-state index contributed by atoms with van der Waals surface area (Å²) in [5.41, 5.74) is 1.69. The van der Waals surface area contributed by atoms with Crippen molar-refractivity contribution in [2.75, 3.05) is 5.32 Å². The number of carbonyl (C=O) groups excluding carboxylic acids is 2. The summed E-state index contributed by atoms with van der Waals surface area (Å²) in [6.45, 7) is 0.338. The Labute approximate surface area is 165 Å². The number of hydrogen-bond donors (Lipinski definition) is 1. The van der Waals surface area contributed by atoms with Gasteiger partial charge in [0.2, 0.25) is 0 Å². The van der Waals surface area contributed by atoms with Crippen LogP contribution in [0.15, 0.2) is 54.7 Å². The van der Waals surface area contributed by atoms with Gasteiger partial charge in [0.15, 0.2) is 0 Å². The maximum absolute atomic E-state index is 12.8. The Morgan fingerprint density at radius 2 is 1.96 bits per heavy atom. The van der Waals surface area contributed by atoms with Gasteiger partial charge in [0, 0.05) is 22.5 Å². The van der Waals surface area contributed by atoms with Gasteiger partial charge in [-0.1, -0.05) is 35.9 Å². The van der Waals surface area contributed by atoms with Gasteiger partial charge in [-0.15, -0.1) is 0 Å². The number of aromatic nitrogens is 2. The molecule has 1 N–H and O–H groups in total. The fourth-order valence-electron chi connectivity index (χ4n) is 2.61. The highest BCUT2D eigenvalue weighted by molar-refractivity contribution is 6.30. The summed E-state index contributed by atoms with van der Waals surface area (Å²) in [7, 11) is 0. The SMILES string of the molecule is N#CCCn1cc(C(=O)Nc2cccc(C(=O)[O-])c2)c(-c2ccc(Cl)cc2)n1. The first-order valence-corrected chi connectivity index (χ1v) is 8.69. The molecule has 0 aliphatic carbocycles. The van der Waals surface area contributed by atoms with E-state index in [2.05, 4.69) is 10.4 Å². The first-order chi connectivity index (χ1) is 13.5. The Hall–Kier alpha value is -3.63. The number of rotatable bonds is 6. The number of aromatic carboxylic acids is 1. The predicted molar refractivity (Wildman–Crippen MR) is 102 cm³/mol. The zero-order valence-corrected chi connectivity index (χ0v) is 15.3. The maximum Gasteiger partial charge on any atom is 0.259 e. The molecular formula is C20H14ClN4O3-. The number of nitriles is 1. The minimum absolute atomic E-state index is 0.0413. The van der Waals surface area contributed by atoms with E-state index in [0.29, 0.717) is 34.1 Å². The van der Waals surface area contributed by atoms with E-state index in [0.717, 1.165) is 0 Å². The summed E-state index contributed by atoms with van der Waals surface area (Å²) in [6, 6.07) is 14.7. The highest BCUT2D eigenvalue weighted by atomic mass is 35.5. The van der Waals surface area contributed by atoms with E-state index in [1.54, 1.807) is 36.5 Å². The third-order valence-electron chi connectivity index (χ3n) is 3.93. The van der Waals surface area contributed by atoms with Gasteiger partial charge < -0.3 is 15.2 Å². The number of hydrogen-bond acceptors (Lipinski definition) is 5. The van der Waals surface area contributed by atoms with Crippen LogP contribution in [0.4, 0.5) is 5.69 Å². The van der Waals surface area contributed by atoms with Crippen LogP contribution in [0.25, 0.3) is 11.3 Å². The molecule has 3 aromatic rings. The van der Waals surface area contributed by atoms with E-state index >= 15 is 0 Å². The fraction of sp³-hybridized carbons (Fsp3) is 0.100. The largest absolute Gasteiger partial charge is 0.545 e. The van der Waals surface area contributed by atoms with Crippen molar-refractivity contribution >= 4 is 29.2 Å². The molecule has 140 valence electrons. The van der Waals surface area contributed by atoms with Crippen LogP contribution < -0.4 is 10.4 Å². The van der Waals surface area contributed by atoms with Crippen LogP contribution in [0.1, 0.15) is 27.1 Å². The Morgan fingerprint density at radius 3 is 2.64 bits per heavy atom. The standard InChI is InChI=1S/C20H15ClN4O3/c21-15-7-5-13(6-8-15)18-17(12-25(24-18)10-2-9-22)19(26)23-16-4-1-3-14(11-16)20(27)28/h1,3-8,11-12H,2,10H2,(H,23,26)(H,27,28)/p-1. The summed E-state index contributed by atoms with van der Waals surface area (Å²) in [4.78, 5) is 23.8. The van der Waals surface area contributed by atoms with Crippen molar-refractivity contribution in [1.29, 1.82) is 5.26 Å². The average Bonchev–Trinajstić information content (AvgIpc) is 3.11. The summed E-state index contributed by atoms with van der Waals surface area (Å²) >= 11 is 5.93. The number of halogens is 1. The molecule has 28 heavy (non-hydrogen) atoms. The number of nitrogens with one attached hydrogen (secondary N) is 1. The molecule has 0 bridgehead atoms. The van der Waals surface area contributed by atoms with Gasteiger partial charge in [0.1, 0.15) is 5.69 Å². The molecule has 0 aliphatic rings. The number of benzene rings is 2. The lowest BCUT2D eigenvalue weighted by Gasteiger charge is -2.08. The minimum Gasteiger partial charge on any atom is -0.545 e. The number of carboxylic acids is 1. The number of carbonyl (C=O) groups is 2. The second kappa shape index (κ2) is 8.37. The Balaban J connectivity index is 1.94. The summed E-state index contributed by atoms with van der Waals surface area (Å²) in [6.07, 6.45) is 1.80. The molecule has 0 aliphatic heterocycles. The van der Waals surface area contributed by atoms with Gasteiger partial charge in [-0.25, -0.2) is 0 Å². The smallest absolute Gasteiger partial charge is 0.259 e. The molecule has 0 atom stereocenters. The highest BCUT2D eigenvalue weighted by Crippen LogP contribution is 2.25. The van der Waals surface area contributed by atoms with E-state index in [-0.39, 0.29) is 12.0 Å². The maximum atomic E-state index is 12.8. The topological polar surface area (TPSA) is 111 Å². The molecule has 1 aromatic heterocycles. The van der Waals surface area contributed by atoms with Crippen molar-refractivity contribution in [3.05, 3.63) is 70.9 Å². The Bertz CT molecular complexity index is 1070. The zero-order valence-electron chi connectivity index (χ0n) is 14.6. The van der Waals surface area contributed by atoms with Gasteiger partial charge in [0.25, 0.3) is 5.91 Å². The summed E-state index contributed by atoms with van der Waals surface area (Å²) in [5.74, 6) is -1.79. The molecule has 7 nitrogen and oxygen atoms in total. The molecule has 1 amide bonds. The normalized spacial score (nSPS) is 10.3. The lowest BCUT2D eigenvalue weighted by Crippen LogP contribution is -2.22. The number of anilines is 1. The first-order valence-electron chi connectivity index (χ1n) is 8.31. The summed E-state index contributed by atoms with van der Waals surface area (Å²) < 4.78 is 1.53. The second-order valence-corrected chi connectivity index (χ2v) is 6.33. The van der Waals surface area contributed by atoms with Crippen molar-refractivity contribution in [3.63, 3.8) is 0 Å². The third kappa shape index (κ3) is 4.37. The number of amides is 1. The molecule has 0 fully saturated rings. The minimum atomic E-state index is -1.33. The zero-order chi connectivity index (χ0) is 20.1. The molecule has 1 heterocycles. The van der Waals surface area contributed by atoms with Crippen LogP contribution in [-0.2, 0) is 6.54 Å². The van der Waals surface area contributed by atoms with Crippen LogP contribution >= 0.6 is 11.6 Å². The third-order valence-corrected chi connectivity index (χ3v) is 4.18. The van der Waals surface area contributed by atoms with E-state index < -0.39 is 11.9 Å². The van der Waals surface area contributed by atoms with Gasteiger partial charge in [-0.05, 0) is 29.8 Å². The predicted octanol–water partition coefficient (Wildman–Crippen LogP) is 2.73. The fourth-order valence-corrected chi connectivity index (χ4v) is 2.74. The number of nitrogens with zero attached hydrogens (tertiary/aromatic N) is 3. The van der Waals surface area contributed by atoms with Gasteiger partial charge in [0.05, 0.1) is 30.6 Å². The van der Waals surface area contributed by atoms with E-state index in [9.17, 15) is 14.7 Å². The second-order valence-electron chi connectivity index (χ2n) is 5.89.